The number of hydrogen-bond donors (Lipinski definition) is 2. The van der Waals surface area contributed by atoms with Gasteiger partial charge in [-0.3, -0.25) is 9.05 Å². The summed E-state index contributed by atoms with van der Waals surface area (Å²) >= 11 is 0. The van der Waals surface area contributed by atoms with E-state index in [2.05, 4.69) is 20.8 Å². The summed E-state index contributed by atoms with van der Waals surface area (Å²) in [5, 5.41) is 0. The Kier molecular flexibility index (Phi) is 6.98. The van der Waals surface area contributed by atoms with E-state index < -0.39 is 7.82 Å². The maximum atomic E-state index is 11.9. The topological polar surface area (TPSA) is 81.8 Å². The monoisotopic (exact) mass is 293 g/mol. The van der Waals surface area contributed by atoms with Gasteiger partial charge < -0.3 is 10.6 Å². The van der Waals surface area contributed by atoms with Crippen LogP contribution in [0.1, 0.15) is 46.5 Å². The molecule has 0 spiro atoms. The first-order valence-electron chi connectivity index (χ1n) is 7.21. The lowest BCUT2D eigenvalue weighted by Gasteiger charge is -2.37. The van der Waals surface area contributed by atoms with Gasteiger partial charge >= 0.3 is 7.82 Å². The molecule has 5 nitrogen and oxygen atoms in total. The first kappa shape index (κ1) is 17.1. The van der Waals surface area contributed by atoms with Gasteiger partial charge in [-0.25, -0.2) is 4.57 Å². The van der Waals surface area contributed by atoms with Crippen molar-refractivity contribution in [3.05, 3.63) is 0 Å². The second-order valence-electron chi connectivity index (χ2n) is 5.91. The molecular weight excluding hydrogens is 265 g/mol. The molecule has 4 atom stereocenters. The molecular formula is C13H28NO4P. The maximum absolute atomic E-state index is 11.9. The molecule has 1 aliphatic carbocycles. The fourth-order valence-corrected chi connectivity index (χ4v) is 3.71. The van der Waals surface area contributed by atoms with Gasteiger partial charge in [0, 0.05) is 0 Å². The predicted molar refractivity (Wildman–Crippen MR) is 75.7 cm³/mol. The van der Waals surface area contributed by atoms with E-state index in [1.165, 1.54) is 0 Å². The molecule has 0 heterocycles. The minimum atomic E-state index is -3.95. The molecule has 19 heavy (non-hydrogen) atoms. The van der Waals surface area contributed by atoms with E-state index in [0.29, 0.717) is 30.7 Å². The summed E-state index contributed by atoms with van der Waals surface area (Å²) in [5.41, 5.74) is 5.33. The Morgan fingerprint density at radius 1 is 1.42 bits per heavy atom. The fourth-order valence-electron chi connectivity index (χ4n) is 2.70. The molecule has 0 saturated heterocycles. The van der Waals surface area contributed by atoms with Gasteiger partial charge in [0.25, 0.3) is 0 Å². The van der Waals surface area contributed by atoms with Crippen LogP contribution in [0.2, 0.25) is 0 Å². The lowest BCUT2D eigenvalue weighted by Crippen LogP contribution is -2.33. The van der Waals surface area contributed by atoms with E-state index in [9.17, 15) is 9.46 Å². The van der Waals surface area contributed by atoms with Crippen LogP contribution >= 0.6 is 7.82 Å². The Labute approximate surface area is 116 Å². The summed E-state index contributed by atoms with van der Waals surface area (Å²) < 4.78 is 22.3. The molecule has 4 unspecified atom stereocenters. The molecule has 0 aliphatic heterocycles. The van der Waals surface area contributed by atoms with Crippen LogP contribution < -0.4 is 5.73 Å². The summed E-state index contributed by atoms with van der Waals surface area (Å²) in [4.78, 5) is 9.75. The zero-order valence-electron chi connectivity index (χ0n) is 12.2. The Hall–Kier alpha value is 0.0700. The van der Waals surface area contributed by atoms with Crippen LogP contribution in [-0.2, 0) is 13.6 Å². The lowest BCUT2D eigenvalue weighted by atomic mass is 9.75. The van der Waals surface area contributed by atoms with E-state index >= 15 is 0 Å². The predicted octanol–water partition coefficient (Wildman–Crippen LogP) is 2.93. The van der Waals surface area contributed by atoms with Crippen LogP contribution in [0.3, 0.4) is 0 Å². The Morgan fingerprint density at radius 2 is 2.11 bits per heavy atom. The van der Waals surface area contributed by atoms with Gasteiger partial charge in [0.1, 0.15) is 0 Å². The van der Waals surface area contributed by atoms with Gasteiger partial charge in [-0.15, -0.1) is 0 Å². The fraction of sp³-hybridized carbons (Fsp3) is 1.00. The summed E-state index contributed by atoms with van der Waals surface area (Å²) in [6, 6.07) is 0. The molecule has 114 valence electrons. The summed E-state index contributed by atoms with van der Waals surface area (Å²) in [7, 11) is -3.95. The van der Waals surface area contributed by atoms with E-state index in [0.717, 1.165) is 19.3 Å². The second kappa shape index (κ2) is 7.75. The summed E-state index contributed by atoms with van der Waals surface area (Å²) in [6.07, 6.45) is 3.41. The van der Waals surface area contributed by atoms with Crippen LogP contribution in [0.5, 0.6) is 0 Å². The number of hydrogen-bond acceptors (Lipinski definition) is 4. The van der Waals surface area contributed by atoms with Crippen molar-refractivity contribution in [3.8, 4) is 0 Å². The lowest BCUT2D eigenvalue weighted by molar-refractivity contribution is 0.0142. The van der Waals surface area contributed by atoms with E-state index in [-0.39, 0.29) is 12.7 Å². The normalized spacial score (nSPS) is 31.4. The van der Waals surface area contributed by atoms with E-state index in [1.54, 1.807) is 0 Å². The molecule has 0 aromatic rings. The molecule has 0 aromatic heterocycles. The van der Waals surface area contributed by atoms with Crippen LogP contribution in [0.15, 0.2) is 0 Å². The molecule has 0 amide bonds. The van der Waals surface area contributed by atoms with E-state index in [1.807, 2.05) is 0 Å². The van der Waals surface area contributed by atoms with Gasteiger partial charge in [-0.2, -0.15) is 0 Å². The molecule has 1 saturated carbocycles. The zero-order chi connectivity index (χ0) is 14.5. The van der Waals surface area contributed by atoms with Crippen LogP contribution in [0.4, 0.5) is 0 Å². The zero-order valence-corrected chi connectivity index (χ0v) is 13.1. The molecule has 0 aromatic carbocycles. The smallest absolute Gasteiger partial charge is 0.330 e. The molecule has 1 aliphatic rings. The highest BCUT2D eigenvalue weighted by Crippen LogP contribution is 2.49. The number of phosphoric ester groups is 1. The van der Waals surface area contributed by atoms with Crippen molar-refractivity contribution in [1.82, 2.24) is 0 Å². The highest BCUT2D eigenvalue weighted by molar-refractivity contribution is 7.47. The standard InChI is InChI=1S/C13H28NO4P/c1-10(2)12-6-5-11(3)9-13(12)18-19(15,16)17-8-4-7-14/h10-13H,4-9,14H2,1-3H3,(H,15,16). The maximum Gasteiger partial charge on any atom is 0.472 e. The third kappa shape index (κ3) is 5.92. The average Bonchev–Trinajstić information content (AvgIpc) is 2.28. The summed E-state index contributed by atoms with van der Waals surface area (Å²) in [6.45, 7) is 7.03. The van der Waals surface area contributed by atoms with Crippen LogP contribution in [0.25, 0.3) is 0 Å². The molecule has 0 radical (unpaired) electrons. The van der Waals surface area contributed by atoms with Crippen molar-refractivity contribution in [3.63, 3.8) is 0 Å². The van der Waals surface area contributed by atoms with Crippen LogP contribution in [0, 0.1) is 17.8 Å². The average molecular weight is 293 g/mol. The molecule has 1 rings (SSSR count). The van der Waals surface area contributed by atoms with Crippen molar-refractivity contribution in [2.75, 3.05) is 13.2 Å². The van der Waals surface area contributed by atoms with Crippen LogP contribution in [-0.4, -0.2) is 24.1 Å². The number of phosphoric acid groups is 1. The second-order valence-corrected chi connectivity index (χ2v) is 7.32. The molecule has 0 bridgehead atoms. The third-order valence-corrected chi connectivity index (χ3v) is 4.88. The van der Waals surface area contributed by atoms with Gasteiger partial charge in [-0.05, 0) is 43.6 Å². The molecule has 3 N–H and O–H groups in total. The van der Waals surface area contributed by atoms with Gasteiger partial charge in [-0.1, -0.05) is 27.2 Å². The highest BCUT2D eigenvalue weighted by Gasteiger charge is 2.36. The van der Waals surface area contributed by atoms with Crippen molar-refractivity contribution in [2.24, 2.45) is 23.5 Å². The van der Waals surface area contributed by atoms with Crippen molar-refractivity contribution < 1.29 is 18.5 Å². The van der Waals surface area contributed by atoms with Crippen molar-refractivity contribution in [2.45, 2.75) is 52.6 Å². The Bertz CT molecular complexity index is 311. The number of rotatable bonds is 7. The van der Waals surface area contributed by atoms with Gasteiger partial charge in [0.05, 0.1) is 12.7 Å². The quantitative estimate of drug-likeness (QED) is 0.557. The minimum Gasteiger partial charge on any atom is -0.330 e. The van der Waals surface area contributed by atoms with Crippen molar-refractivity contribution >= 4 is 7.82 Å². The van der Waals surface area contributed by atoms with Crippen molar-refractivity contribution in [1.29, 1.82) is 0 Å². The highest BCUT2D eigenvalue weighted by atomic mass is 31.2. The molecule has 6 heteroatoms. The third-order valence-electron chi connectivity index (χ3n) is 3.83. The van der Waals surface area contributed by atoms with Gasteiger partial charge in [0.2, 0.25) is 0 Å². The van der Waals surface area contributed by atoms with E-state index in [4.69, 9.17) is 14.8 Å². The minimum absolute atomic E-state index is 0.166. The SMILES string of the molecule is CC1CCC(C(C)C)C(OP(=O)(O)OCCCN)C1. The Morgan fingerprint density at radius 3 is 2.68 bits per heavy atom. The Balaban J connectivity index is 2.57. The molecule has 1 fully saturated rings. The first-order chi connectivity index (χ1) is 8.85. The summed E-state index contributed by atoms with van der Waals surface area (Å²) in [5.74, 6) is 1.31. The first-order valence-corrected chi connectivity index (χ1v) is 8.71. The number of nitrogens with two attached hydrogens (primary N) is 1. The van der Waals surface area contributed by atoms with Gasteiger partial charge in [0.15, 0.2) is 0 Å². The largest absolute Gasteiger partial charge is 0.472 e.